The molecule has 1 aromatic carbocycles. The molecule has 0 aliphatic heterocycles. The minimum Gasteiger partial charge on any atom is -0.370 e. The Hall–Kier alpha value is -1.85. The zero-order valence-corrected chi connectivity index (χ0v) is 14.7. The minimum absolute atomic E-state index is 0.287. The molecule has 0 saturated carbocycles. The molecule has 0 aliphatic rings. The molecule has 0 saturated heterocycles. The van der Waals surface area contributed by atoms with Gasteiger partial charge in [-0.1, -0.05) is 37.0 Å². The molecule has 1 heterocycles. The molecule has 1 aromatic heterocycles. The molecular formula is C16H18Cl2N4O. The standard InChI is InChI=1S/C16H18Cl2N4O/c1-9(2)8-19-15-7-14(20-10(3)21-15)16(23)22-11-4-5-12(17)13(18)6-11/h4-7,9H,8H2,1-3H3,(H,22,23)(H,19,20,21). The van der Waals surface area contributed by atoms with Crippen molar-refractivity contribution < 1.29 is 4.79 Å². The molecule has 2 N–H and O–H groups in total. The van der Waals surface area contributed by atoms with Crippen molar-refractivity contribution in [2.45, 2.75) is 20.8 Å². The van der Waals surface area contributed by atoms with E-state index in [4.69, 9.17) is 23.2 Å². The van der Waals surface area contributed by atoms with Crippen LogP contribution in [0.5, 0.6) is 0 Å². The van der Waals surface area contributed by atoms with E-state index in [1.165, 1.54) is 0 Å². The van der Waals surface area contributed by atoms with Gasteiger partial charge >= 0.3 is 0 Å². The molecular weight excluding hydrogens is 335 g/mol. The second-order valence-corrected chi connectivity index (χ2v) is 6.36. The van der Waals surface area contributed by atoms with Gasteiger partial charge < -0.3 is 10.6 Å². The highest BCUT2D eigenvalue weighted by atomic mass is 35.5. The summed E-state index contributed by atoms with van der Waals surface area (Å²) in [6.45, 7) is 6.71. The van der Waals surface area contributed by atoms with Crippen LogP contribution in [0.25, 0.3) is 0 Å². The van der Waals surface area contributed by atoms with Crippen LogP contribution in [0.2, 0.25) is 10.0 Å². The third-order valence-corrected chi connectivity index (χ3v) is 3.68. The number of carbonyl (C=O) groups excluding carboxylic acids is 1. The smallest absolute Gasteiger partial charge is 0.274 e. The summed E-state index contributed by atoms with van der Waals surface area (Å²) in [4.78, 5) is 20.8. The lowest BCUT2D eigenvalue weighted by molar-refractivity contribution is 0.102. The van der Waals surface area contributed by atoms with Crippen molar-refractivity contribution >= 4 is 40.6 Å². The second kappa shape index (κ2) is 7.62. The Morgan fingerprint density at radius 1 is 1.17 bits per heavy atom. The van der Waals surface area contributed by atoms with Crippen molar-refractivity contribution in [3.63, 3.8) is 0 Å². The molecule has 1 amide bonds. The van der Waals surface area contributed by atoms with Crippen LogP contribution in [0.4, 0.5) is 11.5 Å². The monoisotopic (exact) mass is 352 g/mol. The number of aromatic nitrogens is 2. The normalized spacial score (nSPS) is 10.7. The van der Waals surface area contributed by atoms with Gasteiger partial charge in [-0.3, -0.25) is 4.79 Å². The van der Waals surface area contributed by atoms with E-state index in [0.717, 1.165) is 6.54 Å². The second-order valence-electron chi connectivity index (χ2n) is 5.54. The topological polar surface area (TPSA) is 66.9 Å². The molecule has 0 aliphatic carbocycles. The van der Waals surface area contributed by atoms with E-state index in [2.05, 4.69) is 34.4 Å². The van der Waals surface area contributed by atoms with E-state index in [1.54, 1.807) is 31.2 Å². The first-order valence-corrected chi connectivity index (χ1v) is 7.96. The number of halogens is 2. The number of hydrogen-bond donors (Lipinski definition) is 2. The van der Waals surface area contributed by atoms with Gasteiger partial charge in [0.2, 0.25) is 0 Å². The zero-order valence-electron chi connectivity index (χ0n) is 13.2. The van der Waals surface area contributed by atoms with Crippen LogP contribution in [0.3, 0.4) is 0 Å². The molecule has 2 aromatic rings. The summed E-state index contributed by atoms with van der Waals surface area (Å²) in [7, 11) is 0. The molecule has 5 nitrogen and oxygen atoms in total. The molecule has 0 bridgehead atoms. The van der Waals surface area contributed by atoms with Crippen LogP contribution in [0, 0.1) is 12.8 Å². The summed E-state index contributed by atoms with van der Waals surface area (Å²) in [5, 5.41) is 6.75. The number of benzene rings is 1. The van der Waals surface area contributed by atoms with Crippen LogP contribution < -0.4 is 10.6 Å². The Labute approximate surface area is 145 Å². The Kier molecular flexibility index (Phi) is 5.80. The van der Waals surface area contributed by atoms with E-state index < -0.39 is 0 Å². The zero-order chi connectivity index (χ0) is 17.0. The Bertz CT molecular complexity index is 719. The van der Waals surface area contributed by atoms with Gasteiger partial charge in [-0.2, -0.15) is 0 Å². The third-order valence-electron chi connectivity index (χ3n) is 2.94. The molecule has 2 rings (SSSR count). The average molecular weight is 353 g/mol. The number of nitrogens with zero attached hydrogens (tertiary/aromatic N) is 2. The molecule has 0 radical (unpaired) electrons. The number of nitrogens with one attached hydrogen (secondary N) is 2. The first-order valence-electron chi connectivity index (χ1n) is 7.21. The van der Waals surface area contributed by atoms with Crippen molar-refractivity contribution in [1.82, 2.24) is 9.97 Å². The van der Waals surface area contributed by atoms with Crippen molar-refractivity contribution in [2.75, 3.05) is 17.2 Å². The number of hydrogen-bond acceptors (Lipinski definition) is 4. The van der Waals surface area contributed by atoms with E-state index >= 15 is 0 Å². The Morgan fingerprint density at radius 2 is 1.91 bits per heavy atom. The predicted octanol–water partition coefficient (Wildman–Crippen LogP) is 4.41. The van der Waals surface area contributed by atoms with E-state index in [-0.39, 0.29) is 11.6 Å². The SMILES string of the molecule is Cc1nc(NCC(C)C)cc(C(=O)Nc2ccc(Cl)c(Cl)c2)n1. The minimum atomic E-state index is -0.332. The van der Waals surface area contributed by atoms with Crippen LogP contribution >= 0.6 is 23.2 Å². The lowest BCUT2D eigenvalue weighted by atomic mass is 10.2. The predicted molar refractivity (Wildman–Crippen MR) is 94.5 cm³/mol. The van der Waals surface area contributed by atoms with Gasteiger partial charge in [-0.05, 0) is 31.0 Å². The van der Waals surface area contributed by atoms with E-state index in [1.807, 2.05) is 0 Å². The van der Waals surface area contributed by atoms with Crippen LogP contribution in [-0.4, -0.2) is 22.4 Å². The molecule has 23 heavy (non-hydrogen) atoms. The fourth-order valence-corrected chi connectivity index (χ4v) is 2.15. The summed E-state index contributed by atoms with van der Waals surface area (Å²) in [5.41, 5.74) is 0.840. The van der Waals surface area contributed by atoms with E-state index in [0.29, 0.717) is 33.3 Å². The van der Waals surface area contributed by atoms with Crippen LogP contribution in [-0.2, 0) is 0 Å². The molecule has 122 valence electrons. The molecule has 7 heteroatoms. The van der Waals surface area contributed by atoms with Crippen molar-refractivity contribution in [3.8, 4) is 0 Å². The summed E-state index contributed by atoms with van der Waals surface area (Å²) in [6.07, 6.45) is 0. The lowest BCUT2D eigenvalue weighted by Crippen LogP contribution is -2.16. The Balaban J connectivity index is 2.16. The van der Waals surface area contributed by atoms with Gasteiger partial charge in [-0.25, -0.2) is 9.97 Å². The van der Waals surface area contributed by atoms with Gasteiger partial charge in [0.15, 0.2) is 0 Å². The molecule has 0 unspecified atom stereocenters. The van der Waals surface area contributed by atoms with Crippen molar-refractivity contribution in [1.29, 1.82) is 0 Å². The summed E-state index contributed by atoms with van der Waals surface area (Å²) in [5.74, 6) is 1.30. The fraction of sp³-hybridized carbons (Fsp3) is 0.312. The number of aryl methyl sites for hydroxylation is 1. The van der Waals surface area contributed by atoms with Gasteiger partial charge in [0.25, 0.3) is 5.91 Å². The summed E-state index contributed by atoms with van der Waals surface area (Å²) in [6, 6.07) is 6.52. The fourth-order valence-electron chi connectivity index (χ4n) is 1.85. The maximum atomic E-state index is 12.3. The highest BCUT2D eigenvalue weighted by Crippen LogP contribution is 2.25. The number of carbonyl (C=O) groups is 1. The van der Waals surface area contributed by atoms with Crippen molar-refractivity contribution in [2.24, 2.45) is 5.92 Å². The molecule has 0 atom stereocenters. The van der Waals surface area contributed by atoms with E-state index in [9.17, 15) is 4.79 Å². The number of amides is 1. The number of rotatable bonds is 5. The van der Waals surface area contributed by atoms with Crippen LogP contribution in [0.15, 0.2) is 24.3 Å². The maximum Gasteiger partial charge on any atom is 0.274 e. The summed E-state index contributed by atoms with van der Waals surface area (Å²) < 4.78 is 0. The van der Waals surface area contributed by atoms with Gasteiger partial charge in [0, 0.05) is 18.3 Å². The lowest BCUT2D eigenvalue weighted by Gasteiger charge is -2.11. The van der Waals surface area contributed by atoms with Gasteiger partial charge in [-0.15, -0.1) is 0 Å². The average Bonchev–Trinajstić information content (AvgIpc) is 2.48. The maximum absolute atomic E-state index is 12.3. The first kappa shape index (κ1) is 17.5. The third kappa shape index (κ3) is 5.08. The molecule has 0 spiro atoms. The first-order chi connectivity index (χ1) is 10.8. The molecule has 0 fully saturated rings. The van der Waals surface area contributed by atoms with Crippen LogP contribution in [0.1, 0.15) is 30.2 Å². The number of anilines is 2. The highest BCUT2D eigenvalue weighted by Gasteiger charge is 2.12. The van der Waals surface area contributed by atoms with Crippen molar-refractivity contribution in [3.05, 3.63) is 45.8 Å². The summed E-state index contributed by atoms with van der Waals surface area (Å²) >= 11 is 11.8. The van der Waals surface area contributed by atoms with Gasteiger partial charge in [0.1, 0.15) is 17.3 Å². The highest BCUT2D eigenvalue weighted by molar-refractivity contribution is 6.42. The van der Waals surface area contributed by atoms with Gasteiger partial charge in [0.05, 0.1) is 10.0 Å². The Morgan fingerprint density at radius 3 is 2.57 bits per heavy atom. The largest absolute Gasteiger partial charge is 0.370 e. The quantitative estimate of drug-likeness (QED) is 0.835.